The molecule has 0 saturated heterocycles. The summed E-state index contributed by atoms with van der Waals surface area (Å²) < 4.78 is 1.97. The van der Waals surface area contributed by atoms with Gasteiger partial charge in [0, 0.05) is 34.8 Å². The molecule has 1 aliphatic carbocycles. The maximum absolute atomic E-state index is 13.0. The fourth-order valence-electron chi connectivity index (χ4n) is 3.94. The van der Waals surface area contributed by atoms with Gasteiger partial charge in [0.15, 0.2) is 6.17 Å². The lowest BCUT2D eigenvalue weighted by atomic mass is 10.0. The summed E-state index contributed by atoms with van der Waals surface area (Å²) in [5, 5.41) is 2.98. The van der Waals surface area contributed by atoms with Crippen molar-refractivity contribution < 1.29 is 9.37 Å². The molecule has 5 N–H and O–H groups in total. The Bertz CT molecular complexity index is 1360. The second kappa shape index (κ2) is 8.80. The van der Waals surface area contributed by atoms with Crippen molar-refractivity contribution in [2.24, 2.45) is 11.5 Å². The Morgan fingerprint density at radius 2 is 1.85 bits per heavy atom. The van der Waals surface area contributed by atoms with Gasteiger partial charge in [0.2, 0.25) is 6.34 Å². The molecule has 1 unspecified atom stereocenters. The minimum Gasteiger partial charge on any atom is -0.322 e. The summed E-state index contributed by atoms with van der Waals surface area (Å²) in [6, 6.07) is 21.2. The van der Waals surface area contributed by atoms with Gasteiger partial charge in [-0.05, 0) is 60.9 Å². The lowest BCUT2D eigenvalue weighted by molar-refractivity contribution is -0.581. The molecule has 0 spiro atoms. The van der Waals surface area contributed by atoms with Crippen molar-refractivity contribution >= 4 is 29.0 Å². The van der Waals surface area contributed by atoms with Crippen molar-refractivity contribution in [3.05, 3.63) is 90.3 Å². The van der Waals surface area contributed by atoms with E-state index >= 15 is 0 Å². The molecule has 1 amide bonds. The number of pyridine rings is 2. The van der Waals surface area contributed by atoms with E-state index in [1.807, 2.05) is 65.2 Å². The molecule has 1 fully saturated rings. The predicted octanol–water partition coefficient (Wildman–Crippen LogP) is 3.67. The summed E-state index contributed by atoms with van der Waals surface area (Å²) in [6.07, 6.45) is 6.93. The van der Waals surface area contributed by atoms with Crippen LogP contribution in [-0.4, -0.2) is 32.8 Å². The molecule has 164 valence electrons. The van der Waals surface area contributed by atoms with E-state index in [0.29, 0.717) is 17.3 Å². The van der Waals surface area contributed by atoms with E-state index in [9.17, 15) is 4.79 Å². The van der Waals surface area contributed by atoms with Gasteiger partial charge in [-0.15, -0.1) is 0 Å². The van der Waals surface area contributed by atoms with Gasteiger partial charge < -0.3 is 5.32 Å². The van der Waals surface area contributed by atoms with E-state index in [0.717, 1.165) is 40.6 Å². The maximum Gasteiger partial charge on any atom is 0.255 e. The predicted molar refractivity (Wildman–Crippen MR) is 130 cm³/mol. The SMILES string of the molecule is NC=[N+](C1CC1)C(N)c1cccc(NC(=O)c2cccc(-c3cnc4cccnc4c3)c2)c1. The molecule has 1 saturated carbocycles. The van der Waals surface area contributed by atoms with Gasteiger partial charge in [-0.2, -0.15) is 0 Å². The van der Waals surface area contributed by atoms with Crippen LogP contribution in [-0.2, 0) is 0 Å². The third-order valence-corrected chi connectivity index (χ3v) is 5.86. The van der Waals surface area contributed by atoms with Crippen molar-refractivity contribution in [3.8, 4) is 11.1 Å². The van der Waals surface area contributed by atoms with Crippen LogP contribution >= 0.6 is 0 Å². The number of fused-ring (bicyclic) bond motifs is 1. The number of aromatic nitrogens is 2. The van der Waals surface area contributed by atoms with Gasteiger partial charge in [0.25, 0.3) is 5.91 Å². The van der Waals surface area contributed by atoms with Gasteiger partial charge in [0.05, 0.1) is 17.1 Å². The second-order valence-electron chi connectivity index (χ2n) is 8.20. The number of amides is 1. The summed E-state index contributed by atoms with van der Waals surface area (Å²) in [6.45, 7) is 0. The Morgan fingerprint density at radius 3 is 2.67 bits per heavy atom. The van der Waals surface area contributed by atoms with Crippen molar-refractivity contribution in [1.29, 1.82) is 0 Å². The summed E-state index contributed by atoms with van der Waals surface area (Å²) in [7, 11) is 0. The first kappa shape index (κ1) is 20.8. The summed E-state index contributed by atoms with van der Waals surface area (Å²) in [4.78, 5) is 21.8. The highest BCUT2D eigenvalue weighted by atomic mass is 16.1. The highest BCUT2D eigenvalue weighted by molar-refractivity contribution is 6.05. The zero-order chi connectivity index (χ0) is 22.8. The van der Waals surface area contributed by atoms with Gasteiger partial charge in [-0.3, -0.25) is 26.2 Å². The lowest BCUT2D eigenvalue weighted by Crippen LogP contribution is -2.31. The largest absolute Gasteiger partial charge is 0.322 e. The van der Waals surface area contributed by atoms with Gasteiger partial charge in [-0.25, -0.2) is 4.58 Å². The van der Waals surface area contributed by atoms with E-state index in [4.69, 9.17) is 11.5 Å². The molecule has 2 aromatic heterocycles. The van der Waals surface area contributed by atoms with Crippen molar-refractivity contribution in [2.75, 3.05) is 5.32 Å². The van der Waals surface area contributed by atoms with Crippen LogP contribution in [0.2, 0.25) is 0 Å². The molecular formula is C26H25N6O+. The molecule has 2 heterocycles. The third-order valence-electron chi connectivity index (χ3n) is 5.86. The molecule has 7 nitrogen and oxygen atoms in total. The second-order valence-corrected chi connectivity index (χ2v) is 8.20. The number of nitrogens with one attached hydrogen (secondary N) is 1. The third kappa shape index (κ3) is 4.44. The number of nitrogens with two attached hydrogens (primary N) is 2. The Balaban J connectivity index is 1.36. The van der Waals surface area contributed by atoms with Crippen LogP contribution in [0, 0.1) is 0 Å². The Labute approximate surface area is 191 Å². The Morgan fingerprint density at radius 1 is 1.00 bits per heavy atom. The Kier molecular flexibility index (Phi) is 5.54. The fraction of sp³-hybridized carbons (Fsp3) is 0.154. The highest BCUT2D eigenvalue weighted by Gasteiger charge is 2.33. The van der Waals surface area contributed by atoms with Crippen LogP contribution in [0.15, 0.2) is 79.1 Å². The summed E-state index contributed by atoms with van der Waals surface area (Å²) in [5.41, 5.74) is 17.8. The number of carbonyl (C=O) groups is 1. The molecular weight excluding hydrogens is 412 g/mol. The minimum atomic E-state index is -0.350. The highest BCUT2D eigenvalue weighted by Crippen LogP contribution is 2.29. The molecule has 4 aromatic rings. The smallest absolute Gasteiger partial charge is 0.255 e. The number of benzene rings is 2. The average Bonchev–Trinajstić information content (AvgIpc) is 3.69. The summed E-state index contributed by atoms with van der Waals surface area (Å²) in [5.74, 6) is -0.195. The van der Waals surface area contributed by atoms with Crippen LogP contribution in [0.4, 0.5) is 5.69 Å². The molecule has 1 aliphatic rings. The van der Waals surface area contributed by atoms with E-state index < -0.39 is 0 Å². The van der Waals surface area contributed by atoms with Gasteiger partial charge in [0.1, 0.15) is 0 Å². The molecule has 5 rings (SSSR count). The molecule has 0 bridgehead atoms. The quantitative estimate of drug-likeness (QED) is 0.185. The lowest BCUT2D eigenvalue weighted by Gasteiger charge is -2.16. The first-order valence-electron chi connectivity index (χ1n) is 10.9. The van der Waals surface area contributed by atoms with Gasteiger partial charge in [-0.1, -0.05) is 24.3 Å². The van der Waals surface area contributed by atoms with Crippen LogP contribution in [0.5, 0.6) is 0 Å². The van der Waals surface area contributed by atoms with E-state index in [1.54, 1.807) is 24.8 Å². The number of anilines is 1. The van der Waals surface area contributed by atoms with Crippen LogP contribution in [0.1, 0.15) is 34.9 Å². The standard InChI is InChI=1S/C26H24N6O/c27-16-32(22-9-10-22)25(28)18-5-2-7-21(13-18)31-26(33)19-6-1-4-17(12-19)20-14-24-23(30-15-20)8-3-11-29-24/h1-8,11-16,22,25,27H,9-10,28H2,(H,31,33)/p+1. The van der Waals surface area contributed by atoms with E-state index in [2.05, 4.69) is 15.3 Å². The van der Waals surface area contributed by atoms with E-state index in [-0.39, 0.29) is 12.1 Å². The first-order valence-corrected chi connectivity index (χ1v) is 10.9. The minimum absolute atomic E-state index is 0.195. The molecule has 33 heavy (non-hydrogen) atoms. The number of hydrogen-bond donors (Lipinski definition) is 3. The molecule has 0 radical (unpaired) electrons. The summed E-state index contributed by atoms with van der Waals surface area (Å²) >= 11 is 0. The molecule has 2 aromatic carbocycles. The zero-order valence-corrected chi connectivity index (χ0v) is 18.1. The number of carbonyl (C=O) groups excluding carboxylic acids is 1. The number of rotatable bonds is 6. The normalized spacial score (nSPS) is 14.8. The average molecular weight is 438 g/mol. The first-order chi connectivity index (χ1) is 16.1. The number of hydrogen-bond acceptors (Lipinski definition) is 4. The Hall–Kier alpha value is -4.10. The molecule has 1 atom stereocenters. The van der Waals surface area contributed by atoms with Crippen molar-refractivity contribution in [2.45, 2.75) is 25.0 Å². The van der Waals surface area contributed by atoms with Gasteiger partial charge >= 0.3 is 0 Å². The van der Waals surface area contributed by atoms with Crippen LogP contribution < -0.4 is 16.8 Å². The van der Waals surface area contributed by atoms with Crippen LogP contribution in [0.3, 0.4) is 0 Å². The fourth-order valence-corrected chi connectivity index (χ4v) is 3.94. The monoisotopic (exact) mass is 437 g/mol. The topological polar surface area (TPSA) is 110 Å². The van der Waals surface area contributed by atoms with Crippen molar-refractivity contribution in [3.63, 3.8) is 0 Å². The maximum atomic E-state index is 13.0. The molecule has 7 heteroatoms. The van der Waals surface area contributed by atoms with E-state index in [1.165, 1.54) is 0 Å². The number of nitrogens with zero attached hydrogens (tertiary/aromatic N) is 3. The molecule has 0 aliphatic heterocycles. The van der Waals surface area contributed by atoms with Crippen LogP contribution in [0.25, 0.3) is 22.2 Å². The zero-order valence-electron chi connectivity index (χ0n) is 18.1. The van der Waals surface area contributed by atoms with Crippen molar-refractivity contribution in [1.82, 2.24) is 9.97 Å².